The average Bonchev–Trinajstić information content (AvgIpc) is 3.19. The maximum absolute atomic E-state index is 12.4. The zero-order chi connectivity index (χ0) is 20.4. The standard InChI is InChI=1S/C18H15N7O4/c26-15-13(17(28)24(21-15)11-7-3-1-4-8-11)19-23-20-14-16(27)22-25(18(14)29)12-9-5-2-6-10-12/h1-10,13-14H,(H,19,20)(H,21,26)(H,22,27). The van der Waals surface area contributed by atoms with Crippen LogP contribution in [-0.4, -0.2) is 35.7 Å². The lowest BCUT2D eigenvalue weighted by Crippen LogP contribution is -2.38. The Bertz CT molecular complexity index is 996. The fourth-order valence-corrected chi connectivity index (χ4v) is 2.83. The van der Waals surface area contributed by atoms with E-state index < -0.39 is 35.7 Å². The first-order valence-electron chi connectivity index (χ1n) is 8.60. The number of amides is 4. The Morgan fingerprint density at radius 2 is 1.24 bits per heavy atom. The Morgan fingerprint density at radius 1 is 0.724 bits per heavy atom. The lowest BCUT2D eigenvalue weighted by atomic mass is 10.2. The van der Waals surface area contributed by atoms with Crippen molar-refractivity contribution < 1.29 is 19.2 Å². The van der Waals surface area contributed by atoms with E-state index in [0.717, 1.165) is 10.0 Å². The first-order chi connectivity index (χ1) is 14.1. The Kier molecular flexibility index (Phi) is 4.61. The summed E-state index contributed by atoms with van der Waals surface area (Å²) in [6, 6.07) is 14.3. The number of rotatable bonds is 5. The van der Waals surface area contributed by atoms with Crippen molar-refractivity contribution in [3.8, 4) is 0 Å². The molecular formula is C18H15N7O4. The number of carbonyl (C=O) groups excluding carboxylic acids is 4. The SMILES string of the molecule is O=C1NN(c2ccccc2)C(=O)C1N=NNC1C(=O)NN(c2ccccc2)C1=O. The predicted molar refractivity (Wildman–Crippen MR) is 99.7 cm³/mol. The summed E-state index contributed by atoms with van der Waals surface area (Å²) in [5, 5.41) is 9.35. The lowest BCUT2D eigenvalue weighted by molar-refractivity contribution is -0.125. The molecule has 0 radical (unpaired) electrons. The Labute approximate surface area is 164 Å². The lowest BCUT2D eigenvalue weighted by Gasteiger charge is -2.14. The molecule has 2 unspecified atom stereocenters. The van der Waals surface area contributed by atoms with Gasteiger partial charge in [0.05, 0.1) is 11.4 Å². The smallest absolute Gasteiger partial charge is 0.270 e. The summed E-state index contributed by atoms with van der Waals surface area (Å²) in [5.74, 6) is -2.52. The van der Waals surface area contributed by atoms with Crippen molar-refractivity contribution in [2.75, 3.05) is 10.0 Å². The van der Waals surface area contributed by atoms with Crippen LogP contribution in [0.1, 0.15) is 0 Å². The maximum Gasteiger partial charge on any atom is 0.282 e. The van der Waals surface area contributed by atoms with Gasteiger partial charge in [0.1, 0.15) is 0 Å². The van der Waals surface area contributed by atoms with E-state index in [1.807, 2.05) is 0 Å². The molecule has 4 rings (SSSR count). The highest BCUT2D eigenvalue weighted by atomic mass is 16.2. The van der Waals surface area contributed by atoms with Gasteiger partial charge in [0.15, 0.2) is 0 Å². The normalized spacial score (nSPS) is 21.7. The van der Waals surface area contributed by atoms with Crippen molar-refractivity contribution in [1.29, 1.82) is 0 Å². The molecule has 3 N–H and O–H groups in total. The van der Waals surface area contributed by atoms with Crippen LogP contribution in [0.5, 0.6) is 0 Å². The fourth-order valence-electron chi connectivity index (χ4n) is 2.83. The minimum Gasteiger partial charge on any atom is -0.270 e. The van der Waals surface area contributed by atoms with Crippen LogP contribution in [0, 0.1) is 0 Å². The van der Waals surface area contributed by atoms with Crippen LogP contribution < -0.4 is 26.3 Å². The number of hydrazine groups is 2. The van der Waals surface area contributed by atoms with Crippen LogP contribution in [0.2, 0.25) is 0 Å². The van der Waals surface area contributed by atoms with Crippen LogP contribution in [0.3, 0.4) is 0 Å². The molecule has 2 heterocycles. The van der Waals surface area contributed by atoms with Gasteiger partial charge in [-0.25, -0.2) is 10.0 Å². The second kappa shape index (κ2) is 7.38. The highest BCUT2D eigenvalue weighted by molar-refractivity contribution is 6.18. The van der Waals surface area contributed by atoms with Gasteiger partial charge in [-0.3, -0.25) is 35.5 Å². The monoisotopic (exact) mass is 393 g/mol. The number of para-hydroxylation sites is 2. The van der Waals surface area contributed by atoms with Gasteiger partial charge in [0.25, 0.3) is 23.6 Å². The number of carbonyl (C=O) groups is 4. The molecule has 0 bridgehead atoms. The molecule has 2 atom stereocenters. The van der Waals surface area contributed by atoms with Crippen LogP contribution in [0.15, 0.2) is 71.0 Å². The third-order valence-electron chi connectivity index (χ3n) is 4.26. The van der Waals surface area contributed by atoms with Gasteiger partial charge >= 0.3 is 0 Å². The van der Waals surface area contributed by atoms with Crippen molar-refractivity contribution in [2.45, 2.75) is 12.1 Å². The molecule has 2 aliphatic heterocycles. The van der Waals surface area contributed by atoms with Crippen molar-refractivity contribution >= 4 is 35.0 Å². The summed E-state index contributed by atoms with van der Waals surface area (Å²) in [6.45, 7) is 0. The largest absolute Gasteiger partial charge is 0.282 e. The molecule has 29 heavy (non-hydrogen) atoms. The van der Waals surface area contributed by atoms with Crippen LogP contribution in [0.4, 0.5) is 11.4 Å². The van der Waals surface area contributed by atoms with Gasteiger partial charge in [-0.05, 0) is 24.3 Å². The Morgan fingerprint density at radius 3 is 1.83 bits per heavy atom. The summed E-state index contributed by atoms with van der Waals surface area (Å²) in [4.78, 5) is 49.0. The first-order valence-corrected chi connectivity index (χ1v) is 8.60. The first kappa shape index (κ1) is 18.1. The summed E-state index contributed by atoms with van der Waals surface area (Å²) in [7, 11) is 0. The Balaban J connectivity index is 1.42. The van der Waals surface area contributed by atoms with Gasteiger partial charge in [-0.1, -0.05) is 41.6 Å². The number of benzene rings is 2. The van der Waals surface area contributed by atoms with Crippen molar-refractivity contribution in [1.82, 2.24) is 16.3 Å². The minimum atomic E-state index is -1.42. The van der Waals surface area contributed by atoms with E-state index in [1.165, 1.54) is 0 Å². The molecule has 11 nitrogen and oxygen atoms in total. The highest BCUT2D eigenvalue weighted by Crippen LogP contribution is 2.18. The second-order valence-corrected chi connectivity index (χ2v) is 6.15. The van der Waals surface area contributed by atoms with Crippen LogP contribution in [-0.2, 0) is 19.2 Å². The second-order valence-electron chi connectivity index (χ2n) is 6.15. The van der Waals surface area contributed by atoms with Crippen molar-refractivity contribution in [3.05, 3.63) is 60.7 Å². The van der Waals surface area contributed by atoms with E-state index >= 15 is 0 Å². The summed E-state index contributed by atoms with van der Waals surface area (Å²) < 4.78 is 0. The summed E-state index contributed by atoms with van der Waals surface area (Å²) in [6.07, 6.45) is 0. The summed E-state index contributed by atoms with van der Waals surface area (Å²) in [5.41, 5.74) is 8.09. The molecule has 146 valence electrons. The topological polar surface area (TPSA) is 136 Å². The molecule has 2 aromatic carbocycles. The number of hydrogen-bond acceptors (Lipinski definition) is 6. The van der Waals surface area contributed by atoms with Crippen molar-refractivity contribution in [3.63, 3.8) is 0 Å². The quantitative estimate of drug-likeness (QED) is 0.368. The summed E-state index contributed by atoms with van der Waals surface area (Å²) >= 11 is 0. The van der Waals surface area contributed by atoms with Gasteiger partial charge < -0.3 is 0 Å². The molecule has 0 spiro atoms. The molecular weight excluding hydrogens is 378 g/mol. The molecule has 2 aliphatic rings. The molecule has 0 aromatic heterocycles. The van der Waals surface area contributed by atoms with E-state index in [1.54, 1.807) is 60.7 Å². The number of nitrogens with zero attached hydrogens (tertiary/aromatic N) is 4. The molecule has 2 saturated heterocycles. The van der Waals surface area contributed by atoms with Gasteiger partial charge in [-0.15, -0.1) is 5.11 Å². The predicted octanol–water partition coefficient (Wildman–Crippen LogP) is -0.164. The van der Waals surface area contributed by atoms with E-state index in [-0.39, 0.29) is 0 Å². The third kappa shape index (κ3) is 3.36. The molecule has 4 amide bonds. The van der Waals surface area contributed by atoms with Gasteiger partial charge in [0.2, 0.25) is 12.1 Å². The van der Waals surface area contributed by atoms with E-state index in [4.69, 9.17) is 0 Å². The highest BCUT2D eigenvalue weighted by Gasteiger charge is 2.42. The fraction of sp³-hybridized carbons (Fsp3) is 0.111. The number of anilines is 2. The molecule has 11 heteroatoms. The van der Waals surface area contributed by atoms with Crippen molar-refractivity contribution in [2.24, 2.45) is 10.3 Å². The molecule has 2 fully saturated rings. The number of hydrogen-bond donors (Lipinski definition) is 3. The zero-order valence-electron chi connectivity index (χ0n) is 14.9. The molecule has 2 aromatic rings. The minimum absolute atomic E-state index is 0.473. The van der Waals surface area contributed by atoms with Crippen LogP contribution >= 0.6 is 0 Å². The number of nitrogens with one attached hydrogen (secondary N) is 3. The zero-order valence-corrected chi connectivity index (χ0v) is 14.9. The molecule has 0 saturated carbocycles. The van der Waals surface area contributed by atoms with Crippen LogP contribution in [0.25, 0.3) is 0 Å². The Hall–Kier alpha value is -4.28. The van der Waals surface area contributed by atoms with E-state index in [2.05, 4.69) is 26.6 Å². The van der Waals surface area contributed by atoms with Gasteiger partial charge in [-0.2, -0.15) is 0 Å². The van der Waals surface area contributed by atoms with E-state index in [0.29, 0.717) is 11.4 Å². The third-order valence-corrected chi connectivity index (χ3v) is 4.26. The van der Waals surface area contributed by atoms with E-state index in [9.17, 15) is 19.2 Å². The maximum atomic E-state index is 12.4. The van der Waals surface area contributed by atoms with Gasteiger partial charge in [0, 0.05) is 0 Å². The molecule has 0 aliphatic carbocycles. The average molecular weight is 393 g/mol.